The molecule has 1 atom stereocenters. The Balaban J connectivity index is 1.92. The van der Waals surface area contributed by atoms with Gasteiger partial charge < -0.3 is 4.74 Å². The van der Waals surface area contributed by atoms with Crippen molar-refractivity contribution in [1.82, 2.24) is 0 Å². The van der Waals surface area contributed by atoms with Gasteiger partial charge in [0.15, 0.2) is 0 Å². The van der Waals surface area contributed by atoms with Gasteiger partial charge >= 0.3 is 5.97 Å². The first kappa shape index (κ1) is 13.9. The Morgan fingerprint density at radius 2 is 2.05 bits per heavy atom. The number of carbonyl (C=O) groups excluding carboxylic acids is 1. The summed E-state index contributed by atoms with van der Waals surface area (Å²) in [7, 11) is 0. The number of fused-ring (bicyclic) bond motifs is 1. The number of rotatable bonds is 2. The van der Waals surface area contributed by atoms with Gasteiger partial charge in [-0.05, 0) is 39.0 Å². The molecule has 0 bridgehead atoms. The Hall–Kier alpha value is -0.0900. The van der Waals surface area contributed by atoms with Crippen LogP contribution in [0.3, 0.4) is 0 Å². The lowest BCUT2D eigenvalue weighted by Gasteiger charge is -2.44. The normalized spacial score (nSPS) is 32.8. The third kappa shape index (κ3) is 2.35. The van der Waals surface area contributed by atoms with Crippen LogP contribution in [-0.4, -0.2) is 28.2 Å². The summed E-state index contributed by atoms with van der Waals surface area (Å²) in [5.41, 5.74) is 1.13. The van der Waals surface area contributed by atoms with Gasteiger partial charge in [0, 0.05) is 11.5 Å². The zero-order valence-electron chi connectivity index (χ0n) is 11.6. The summed E-state index contributed by atoms with van der Waals surface area (Å²) in [4.78, 5) is 12.5. The summed E-state index contributed by atoms with van der Waals surface area (Å²) in [6.45, 7) is 2.41. The Labute approximate surface area is 124 Å². The lowest BCUT2D eigenvalue weighted by Crippen LogP contribution is -2.42. The van der Waals surface area contributed by atoms with E-state index in [1.54, 1.807) is 0 Å². The third-order valence-electron chi connectivity index (χ3n) is 4.65. The Kier molecular flexibility index (Phi) is 3.91. The van der Waals surface area contributed by atoms with Crippen molar-refractivity contribution in [2.45, 2.75) is 49.5 Å². The van der Waals surface area contributed by atoms with Gasteiger partial charge in [-0.2, -0.15) is 0 Å². The molecule has 0 aromatic heterocycles. The van der Waals surface area contributed by atoms with Crippen molar-refractivity contribution in [3.8, 4) is 0 Å². The molecule has 2 fully saturated rings. The van der Waals surface area contributed by atoms with E-state index in [1.807, 2.05) is 6.92 Å². The Bertz CT molecular complexity index is 399. The molecule has 2 nitrogen and oxygen atoms in total. The first-order valence-corrected chi connectivity index (χ1v) is 9.35. The molecular formula is C15H22O2S2. The average molecular weight is 298 g/mol. The van der Waals surface area contributed by atoms with Crippen molar-refractivity contribution in [3.63, 3.8) is 0 Å². The summed E-state index contributed by atoms with van der Waals surface area (Å²) >= 11 is 4.16. The van der Waals surface area contributed by atoms with Gasteiger partial charge in [0.1, 0.15) is 0 Å². The smallest absolute Gasteiger partial charge is 0.316 e. The van der Waals surface area contributed by atoms with E-state index >= 15 is 0 Å². The van der Waals surface area contributed by atoms with Crippen LogP contribution in [0.5, 0.6) is 0 Å². The van der Waals surface area contributed by atoms with Crippen molar-refractivity contribution < 1.29 is 9.53 Å². The van der Waals surface area contributed by atoms with Crippen LogP contribution in [0.25, 0.3) is 0 Å². The lowest BCUT2D eigenvalue weighted by molar-refractivity contribution is -0.155. The molecule has 0 N–H and O–H groups in total. The molecular weight excluding hydrogens is 276 g/mol. The Morgan fingerprint density at radius 1 is 1.26 bits per heavy atom. The van der Waals surface area contributed by atoms with Crippen molar-refractivity contribution in [2.24, 2.45) is 5.41 Å². The van der Waals surface area contributed by atoms with Gasteiger partial charge in [0.05, 0.1) is 16.1 Å². The van der Waals surface area contributed by atoms with E-state index in [0.29, 0.717) is 6.61 Å². The lowest BCUT2D eigenvalue weighted by atomic mass is 9.64. The zero-order valence-corrected chi connectivity index (χ0v) is 13.2. The molecule has 0 radical (unpaired) electrons. The molecule has 19 heavy (non-hydrogen) atoms. The SMILES string of the molecule is CCOC(=O)[C@]12CCCCC1=CC1(CC2)SCCS1. The van der Waals surface area contributed by atoms with Gasteiger partial charge in [-0.25, -0.2) is 0 Å². The van der Waals surface area contributed by atoms with Crippen molar-refractivity contribution in [1.29, 1.82) is 0 Å². The van der Waals surface area contributed by atoms with E-state index in [4.69, 9.17) is 4.74 Å². The maximum atomic E-state index is 12.5. The number of ether oxygens (including phenoxy) is 1. The topological polar surface area (TPSA) is 26.3 Å². The molecule has 1 saturated heterocycles. The van der Waals surface area contributed by atoms with E-state index < -0.39 is 0 Å². The number of hydrogen-bond acceptors (Lipinski definition) is 4. The first-order chi connectivity index (χ1) is 9.21. The van der Waals surface area contributed by atoms with Gasteiger partial charge in [0.25, 0.3) is 0 Å². The summed E-state index contributed by atoms with van der Waals surface area (Å²) in [6, 6.07) is 0. The summed E-state index contributed by atoms with van der Waals surface area (Å²) in [6.07, 6.45) is 9.09. The van der Waals surface area contributed by atoms with E-state index in [9.17, 15) is 4.79 Å². The van der Waals surface area contributed by atoms with Crippen LogP contribution in [0.2, 0.25) is 0 Å². The first-order valence-electron chi connectivity index (χ1n) is 7.38. The highest BCUT2D eigenvalue weighted by Gasteiger charge is 2.51. The second-order valence-corrected chi connectivity index (χ2v) is 8.80. The predicted molar refractivity (Wildman–Crippen MR) is 82.5 cm³/mol. The fraction of sp³-hybridized carbons (Fsp3) is 0.800. The summed E-state index contributed by atoms with van der Waals surface area (Å²) < 4.78 is 5.68. The number of esters is 1. The minimum Gasteiger partial charge on any atom is -0.465 e. The van der Waals surface area contributed by atoms with E-state index in [-0.39, 0.29) is 15.5 Å². The van der Waals surface area contributed by atoms with Gasteiger partial charge in [-0.3, -0.25) is 4.79 Å². The van der Waals surface area contributed by atoms with E-state index in [1.165, 1.54) is 29.9 Å². The third-order valence-corrected chi connectivity index (χ3v) is 8.05. The highest BCUT2D eigenvalue weighted by Crippen LogP contribution is 2.58. The maximum Gasteiger partial charge on any atom is 0.316 e. The minimum atomic E-state index is -0.261. The average Bonchev–Trinajstić information content (AvgIpc) is 2.87. The van der Waals surface area contributed by atoms with Crippen LogP contribution < -0.4 is 0 Å². The molecule has 2 aliphatic carbocycles. The fourth-order valence-electron chi connectivity index (χ4n) is 3.67. The molecule has 0 aromatic rings. The van der Waals surface area contributed by atoms with Crippen molar-refractivity contribution in [3.05, 3.63) is 11.6 Å². The molecule has 0 unspecified atom stereocenters. The molecule has 1 spiro atoms. The quantitative estimate of drug-likeness (QED) is 0.568. The molecule has 0 aromatic carbocycles. The maximum absolute atomic E-state index is 12.5. The van der Waals surface area contributed by atoms with Crippen LogP contribution in [0.15, 0.2) is 11.6 Å². The highest BCUT2D eigenvalue weighted by atomic mass is 32.2. The molecule has 0 amide bonds. The number of hydrogen-bond donors (Lipinski definition) is 0. The number of carbonyl (C=O) groups is 1. The molecule has 3 aliphatic rings. The summed E-state index contributed by atoms with van der Waals surface area (Å²) in [5, 5.41) is 0. The standard InChI is InChI=1S/C15H22O2S2/c1-2-17-13(16)14-6-4-3-5-12(14)11-15(8-7-14)18-9-10-19-15/h11H,2-10H2,1H3/t14-/m0/s1. The molecule has 106 valence electrons. The predicted octanol–water partition coefficient (Wildman–Crippen LogP) is 4.01. The second-order valence-electron chi connectivity index (χ2n) is 5.69. The van der Waals surface area contributed by atoms with Crippen LogP contribution in [0.1, 0.15) is 45.4 Å². The van der Waals surface area contributed by atoms with Gasteiger partial charge in [0.2, 0.25) is 0 Å². The Morgan fingerprint density at radius 3 is 2.79 bits per heavy atom. The molecule has 1 aliphatic heterocycles. The monoisotopic (exact) mass is 298 g/mol. The fourth-order valence-corrected chi connectivity index (χ4v) is 6.80. The number of thioether (sulfide) groups is 2. The van der Waals surface area contributed by atoms with Crippen LogP contribution in [-0.2, 0) is 9.53 Å². The van der Waals surface area contributed by atoms with Crippen LogP contribution >= 0.6 is 23.5 Å². The van der Waals surface area contributed by atoms with E-state index in [0.717, 1.165) is 25.7 Å². The molecule has 1 saturated carbocycles. The molecule has 1 heterocycles. The van der Waals surface area contributed by atoms with E-state index in [2.05, 4.69) is 29.6 Å². The second kappa shape index (κ2) is 5.36. The molecule has 4 heteroatoms. The summed E-state index contributed by atoms with van der Waals surface area (Å²) in [5.74, 6) is 2.55. The largest absolute Gasteiger partial charge is 0.465 e. The zero-order chi connectivity index (χ0) is 13.3. The van der Waals surface area contributed by atoms with Gasteiger partial charge in [-0.15, -0.1) is 23.5 Å². The van der Waals surface area contributed by atoms with Crippen molar-refractivity contribution in [2.75, 3.05) is 18.1 Å². The minimum absolute atomic E-state index is 0.0452. The van der Waals surface area contributed by atoms with Crippen molar-refractivity contribution >= 4 is 29.5 Å². The van der Waals surface area contributed by atoms with Gasteiger partial charge in [-0.1, -0.05) is 18.1 Å². The highest BCUT2D eigenvalue weighted by molar-refractivity contribution is 8.21. The van der Waals surface area contributed by atoms with Crippen LogP contribution in [0, 0.1) is 5.41 Å². The molecule has 3 rings (SSSR count). The van der Waals surface area contributed by atoms with Crippen LogP contribution in [0.4, 0.5) is 0 Å².